The molecule has 0 aliphatic heterocycles. The second-order valence-electron chi connectivity index (χ2n) is 2.74. The van der Waals surface area contributed by atoms with Gasteiger partial charge in [0.25, 0.3) is 0 Å². The molecule has 1 aromatic rings. The van der Waals surface area contributed by atoms with Gasteiger partial charge in [0.2, 0.25) is 0 Å². The molecule has 1 nitrogen and oxygen atoms in total. The van der Waals surface area contributed by atoms with Crippen molar-refractivity contribution >= 4 is 17.4 Å². The van der Waals surface area contributed by atoms with Crippen molar-refractivity contribution in [2.75, 3.05) is 18.1 Å². The summed E-state index contributed by atoms with van der Waals surface area (Å²) in [6.45, 7) is 4.64. The zero-order valence-corrected chi connectivity index (χ0v) is 8.73. The molecule has 0 saturated heterocycles. The van der Waals surface area contributed by atoms with E-state index in [9.17, 15) is 0 Å². The summed E-state index contributed by atoms with van der Waals surface area (Å²) in [5, 5.41) is 3.34. The number of hydrogen-bond donors (Lipinski definition) is 1. The van der Waals surface area contributed by atoms with Gasteiger partial charge in [0.05, 0.1) is 0 Å². The maximum Gasteiger partial charge on any atom is 0.0351 e. The van der Waals surface area contributed by atoms with Crippen molar-refractivity contribution in [2.24, 2.45) is 0 Å². The summed E-state index contributed by atoms with van der Waals surface area (Å²) in [5.74, 6) is 0. The Morgan fingerprint density at radius 2 is 2.38 bits per heavy atom. The van der Waals surface area contributed by atoms with Crippen LogP contribution in [0.5, 0.6) is 0 Å². The monoisotopic (exact) mass is 193 g/mol. The number of anilines is 1. The van der Waals surface area contributed by atoms with Gasteiger partial charge in [-0.1, -0.05) is 12.1 Å². The van der Waals surface area contributed by atoms with Gasteiger partial charge in [-0.15, -0.1) is 18.3 Å². The predicted octanol–water partition coefficient (Wildman–Crippen LogP) is 3.40. The first-order chi connectivity index (χ1) is 6.36. The van der Waals surface area contributed by atoms with Crippen molar-refractivity contribution < 1.29 is 0 Å². The Hall–Kier alpha value is -0.890. The highest BCUT2D eigenvalue weighted by atomic mass is 32.2. The summed E-state index contributed by atoms with van der Waals surface area (Å²) in [5.41, 5.74) is 1.19. The molecule has 0 amide bonds. The highest BCUT2D eigenvalue weighted by Gasteiger charge is 1.92. The lowest BCUT2D eigenvalue weighted by atomic mass is 10.3. The Morgan fingerprint density at radius 3 is 3.08 bits per heavy atom. The van der Waals surface area contributed by atoms with Gasteiger partial charge in [0.15, 0.2) is 0 Å². The molecule has 0 atom stereocenters. The maximum absolute atomic E-state index is 3.68. The first-order valence-electron chi connectivity index (χ1n) is 4.35. The average Bonchev–Trinajstić information content (AvgIpc) is 2.19. The molecule has 2 heteroatoms. The van der Waals surface area contributed by atoms with E-state index < -0.39 is 0 Å². The van der Waals surface area contributed by atoms with Crippen molar-refractivity contribution in [1.29, 1.82) is 0 Å². The third-order valence-corrected chi connectivity index (χ3v) is 2.47. The molecule has 0 aromatic heterocycles. The van der Waals surface area contributed by atoms with Gasteiger partial charge < -0.3 is 5.32 Å². The van der Waals surface area contributed by atoms with Crippen molar-refractivity contribution in [1.82, 2.24) is 0 Å². The average molecular weight is 193 g/mol. The SMILES string of the molecule is C=CCCNc1cccc(SC)c1. The minimum absolute atomic E-state index is 0.960. The molecule has 70 valence electrons. The van der Waals surface area contributed by atoms with E-state index in [1.165, 1.54) is 10.6 Å². The molecule has 0 unspecified atom stereocenters. The molecular formula is C11H15NS. The maximum atomic E-state index is 3.68. The van der Waals surface area contributed by atoms with Gasteiger partial charge in [-0.2, -0.15) is 0 Å². The Morgan fingerprint density at radius 1 is 1.54 bits per heavy atom. The highest BCUT2D eigenvalue weighted by molar-refractivity contribution is 7.98. The van der Waals surface area contributed by atoms with E-state index in [-0.39, 0.29) is 0 Å². The van der Waals surface area contributed by atoms with E-state index in [0.29, 0.717) is 0 Å². The highest BCUT2D eigenvalue weighted by Crippen LogP contribution is 2.18. The summed E-state index contributed by atoms with van der Waals surface area (Å²) in [6, 6.07) is 8.43. The van der Waals surface area contributed by atoms with Crippen LogP contribution in [0, 0.1) is 0 Å². The zero-order chi connectivity index (χ0) is 9.52. The molecule has 13 heavy (non-hydrogen) atoms. The van der Waals surface area contributed by atoms with Gasteiger partial charge in [-0.05, 0) is 30.9 Å². The van der Waals surface area contributed by atoms with E-state index in [0.717, 1.165) is 13.0 Å². The summed E-state index contributed by atoms with van der Waals surface area (Å²) in [4.78, 5) is 1.30. The molecule has 1 aromatic carbocycles. The van der Waals surface area contributed by atoms with Gasteiger partial charge in [0, 0.05) is 17.1 Å². The van der Waals surface area contributed by atoms with Crippen LogP contribution in [0.15, 0.2) is 41.8 Å². The number of rotatable bonds is 5. The molecule has 1 rings (SSSR count). The molecule has 1 N–H and O–H groups in total. The minimum Gasteiger partial charge on any atom is -0.385 e. The molecule has 0 aliphatic rings. The molecule has 0 radical (unpaired) electrons. The molecule has 0 spiro atoms. The number of thioether (sulfide) groups is 1. The third kappa shape index (κ3) is 3.55. The van der Waals surface area contributed by atoms with Crippen molar-refractivity contribution in [3.8, 4) is 0 Å². The molecule has 0 saturated carbocycles. The normalized spacial score (nSPS) is 9.62. The second kappa shape index (κ2) is 5.70. The molecule has 0 aliphatic carbocycles. The van der Waals surface area contributed by atoms with Crippen LogP contribution < -0.4 is 5.32 Å². The number of benzene rings is 1. The second-order valence-corrected chi connectivity index (χ2v) is 3.62. The van der Waals surface area contributed by atoms with Crippen LogP contribution >= 0.6 is 11.8 Å². The topological polar surface area (TPSA) is 12.0 Å². The quantitative estimate of drug-likeness (QED) is 0.437. The Kier molecular flexibility index (Phi) is 4.47. The van der Waals surface area contributed by atoms with Crippen LogP contribution in [0.25, 0.3) is 0 Å². The van der Waals surface area contributed by atoms with Crippen molar-refractivity contribution in [3.05, 3.63) is 36.9 Å². The molecular weight excluding hydrogens is 178 g/mol. The van der Waals surface area contributed by atoms with Gasteiger partial charge in [0.1, 0.15) is 0 Å². The van der Waals surface area contributed by atoms with Crippen LogP contribution in [-0.2, 0) is 0 Å². The first kappa shape index (κ1) is 10.2. The van der Waals surface area contributed by atoms with Gasteiger partial charge in [-0.25, -0.2) is 0 Å². The lowest BCUT2D eigenvalue weighted by Gasteiger charge is -2.05. The minimum atomic E-state index is 0.960. The Balaban J connectivity index is 2.50. The Bertz CT molecular complexity index is 271. The fourth-order valence-electron chi connectivity index (χ4n) is 1.05. The van der Waals surface area contributed by atoms with Crippen LogP contribution in [0.2, 0.25) is 0 Å². The lowest BCUT2D eigenvalue weighted by molar-refractivity contribution is 1.07. The molecule has 0 heterocycles. The lowest BCUT2D eigenvalue weighted by Crippen LogP contribution is -1.99. The van der Waals surface area contributed by atoms with E-state index in [2.05, 4.69) is 42.4 Å². The smallest absolute Gasteiger partial charge is 0.0351 e. The van der Waals surface area contributed by atoms with Crippen LogP contribution in [0.1, 0.15) is 6.42 Å². The number of nitrogens with one attached hydrogen (secondary N) is 1. The largest absolute Gasteiger partial charge is 0.385 e. The first-order valence-corrected chi connectivity index (χ1v) is 5.58. The van der Waals surface area contributed by atoms with Crippen molar-refractivity contribution in [3.63, 3.8) is 0 Å². The summed E-state index contributed by atoms with van der Waals surface area (Å²) >= 11 is 1.76. The summed E-state index contributed by atoms with van der Waals surface area (Å²) in [6.07, 6.45) is 5.01. The fraction of sp³-hybridized carbons (Fsp3) is 0.273. The fourth-order valence-corrected chi connectivity index (χ4v) is 1.51. The van der Waals surface area contributed by atoms with E-state index in [1.807, 2.05) is 6.08 Å². The van der Waals surface area contributed by atoms with E-state index >= 15 is 0 Å². The molecule has 0 bridgehead atoms. The van der Waals surface area contributed by atoms with Gasteiger partial charge >= 0.3 is 0 Å². The molecule has 0 fully saturated rings. The third-order valence-electron chi connectivity index (χ3n) is 1.75. The summed E-state index contributed by atoms with van der Waals surface area (Å²) < 4.78 is 0. The Labute approximate surface area is 84.2 Å². The van der Waals surface area contributed by atoms with Crippen LogP contribution in [-0.4, -0.2) is 12.8 Å². The van der Waals surface area contributed by atoms with E-state index in [4.69, 9.17) is 0 Å². The van der Waals surface area contributed by atoms with Gasteiger partial charge in [-0.3, -0.25) is 0 Å². The van der Waals surface area contributed by atoms with E-state index in [1.54, 1.807) is 11.8 Å². The predicted molar refractivity (Wildman–Crippen MR) is 61.5 cm³/mol. The van der Waals surface area contributed by atoms with Crippen LogP contribution in [0.4, 0.5) is 5.69 Å². The number of hydrogen-bond acceptors (Lipinski definition) is 2. The zero-order valence-electron chi connectivity index (χ0n) is 7.92. The van der Waals surface area contributed by atoms with Crippen molar-refractivity contribution in [2.45, 2.75) is 11.3 Å². The van der Waals surface area contributed by atoms with Crippen LogP contribution in [0.3, 0.4) is 0 Å². The summed E-state index contributed by atoms with van der Waals surface area (Å²) in [7, 11) is 0. The standard InChI is InChI=1S/C11H15NS/c1-3-4-8-12-10-6-5-7-11(9-10)13-2/h3,5-7,9,12H,1,4,8H2,2H3.